The maximum absolute atomic E-state index is 10.6. The monoisotopic (exact) mass is 399 g/mol. The van der Waals surface area contributed by atoms with Crippen LogP contribution in [0.4, 0.5) is 0 Å². The minimum Gasteiger partial charge on any atom is -0.504 e. The lowest BCUT2D eigenvalue weighted by molar-refractivity contribution is 0.0981. The number of ether oxygens (including phenoxy) is 1. The number of aryl methyl sites for hydroxylation is 1. The Morgan fingerprint density at radius 2 is 1.76 bits per heavy atom. The molecule has 0 amide bonds. The summed E-state index contributed by atoms with van der Waals surface area (Å²) < 4.78 is 5.24. The average molecular weight is 400 g/mol. The van der Waals surface area contributed by atoms with Gasteiger partial charge in [-0.05, 0) is 56.0 Å². The molecular weight excluding hydrogens is 362 g/mol. The summed E-state index contributed by atoms with van der Waals surface area (Å²) in [5.74, 6) is 0.677. The second-order valence-corrected chi connectivity index (χ2v) is 7.98. The Hall–Kier alpha value is -2.04. The lowest BCUT2D eigenvalue weighted by atomic mass is 9.96. The fraction of sp³-hybridized carbons (Fsp3) is 0.520. The molecule has 2 atom stereocenters. The predicted octanol–water partition coefficient (Wildman–Crippen LogP) is 5.17. The fourth-order valence-electron chi connectivity index (χ4n) is 3.79. The highest BCUT2D eigenvalue weighted by Crippen LogP contribution is 2.27. The first-order chi connectivity index (χ1) is 14.0. The van der Waals surface area contributed by atoms with Crippen LogP contribution in [-0.4, -0.2) is 41.4 Å². The summed E-state index contributed by atoms with van der Waals surface area (Å²) in [6.07, 6.45) is 6.64. The van der Waals surface area contributed by atoms with E-state index in [9.17, 15) is 10.2 Å². The molecular formula is C25H37NO3. The third-order valence-electron chi connectivity index (χ3n) is 5.59. The van der Waals surface area contributed by atoms with Gasteiger partial charge in [0.25, 0.3) is 0 Å². The zero-order valence-electron chi connectivity index (χ0n) is 18.2. The molecule has 0 heterocycles. The number of hydrogen-bond donors (Lipinski definition) is 2. The number of unbranched alkanes of at least 4 members (excludes halogenated alkanes) is 2. The number of phenolic OH excluding ortho intramolecular Hbond substituents is 1. The van der Waals surface area contributed by atoms with Gasteiger partial charge < -0.3 is 14.9 Å². The van der Waals surface area contributed by atoms with Crippen molar-refractivity contribution in [2.24, 2.45) is 0 Å². The fourth-order valence-corrected chi connectivity index (χ4v) is 3.79. The molecule has 0 saturated heterocycles. The van der Waals surface area contributed by atoms with Crippen LogP contribution >= 0.6 is 0 Å². The predicted molar refractivity (Wildman–Crippen MR) is 119 cm³/mol. The van der Waals surface area contributed by atoms with E-state index in [0.717, 1.165) is 44.2 Å². The van der Waals surface area contributed by atoms with Crippen LogP contribution < -0.4 is 4.74 Å². The summed E-state index contributed by atoms with van der Waals surface area (Å²) in [5, 5.41) is 20.4. The van der Waals surface area contributed by atoms with Gasteiger partial charge in [0.1, 0.15) is 0 Å². The van der Waals surface area contributed by atoms with Crippen molar-refractivity contribution >= 4 is 0 Å². The van der Waals surface area contributed by atoms with Crippen molar-refractivity contribution in [3.8, 4) is 11.5 Å². The van der Waals surface area contributed by atoms with Crippen LogP contribution in [0, 0.1) is 0 Å². The Bertz CT molecular complexity index is 704. The molecule has 4 heteroatoms. The average Bonchev–Trinajstić information content (AvgIpc) is 2.73. The SMILES string of the molecule is CCCCCC(O)CC(CCc1ccc(O)c(OC)c1)N(C)Cc1ccccc1. The molecule has 0 spiro atoms. The third-order valence-corrected chi connectivity index (χ3v) is 5.59. The number of methoxy groups -OCH3 is 1. The number of benzene rings is 2. The van der Waals surface area contributed by atoms with Crippen molar-refractivity contribution < 1.29 is 14.9 Å². The first kappa shape index (κ1) is 23.2. The molecule has 2 aromatic carbocycles. The Morgan fingerprint density at radius 3 is 2.45 bits per heavy atom. The van der Waals surface area contributed by atoms with Crippen LogP contribution in [0.2, 0.25) is 0 Å². The van der Waals surface area contributed by atoms with Crippen molar-refractivity contribution in [2.75, 3.05) is 14.2 Å². The summed E-state index contributed by atoms with van der Waals surface area (Å²) >= 11 is 0. The van der Waals surface area contributed by atoms with Crippen LogP contribution in [0.15, 0.2) is 48.5 Å². The molecule has 0 aromatic heterocycles. The number of rotatable bonds is 13. The van der Waals surface area contributed by atoms with E-state index in [1.54, 1.807) is 13.2 Å². The summed E-state index contributed by atoms with van der Waals surface area (Å²) in [4.78, 5) is 2.36. The van der Waals surface area contributed by atoms with Crippen molar-refractivity contribution in [1.29, 1.82) is 0 Å². The van der Waals surface area contributed by atoms with Crippen LogP contribution in [0.25, 0.3) is 0 Å². The molecule has 2 unspecified atom stereocenters. The van der Waals surface area contributed by atoms with Crippen molar-refractivity contribution in [3.05, 3.63) is 59.7 Å². The zero-order valence-corrected chi connectivity index (χ0v) is 18.2. The topological polar surface area (TPSA) is 52.9 Å². The van der Waals surface area contributed by atoms with E-state index in [4.69, 9.17) is 4.74 Å². The van der Waals surface area contributed by atoms with Crippen molar-refractivity contribution in [2.45, 2.75) is 70.6 Å². The maximum Gasteiger partial charge on any atom is 0.160 e. The second kappa shape index (κ2) is 12.5. The Kier molecular flexibility index (Phi) is 10.0. The molecule has 2 rings (SSSR count). The van der Waals surface area contributed by atoms with E-state index in [0.29, 0.717) is 5.75 Å². The molecule has 4 nitrogen and oxygen atoms in total. The van der Waals surface area contributed by atoms with Crippen molar-refractivity contribution in [3.63, 3.8) is 0 Å². The van der Waals surface area contributed by atoms with E-state index in [1.165, 1.54) is 18.4 Å². The van der Waals surface area contributed by atoms with E-state index in [1.807, 2.05) is 18.2 Å². The van der Waals surface area contributed by atoms with Crippen LogP contribution in [0.3, 0.4) is 0 Å². The Morgan fingerprint density at radius 1 is 1.00 bits per heavy atom. The highest BCUT2D eigenvalue weighted by Gasteiger charge is 2.19. The van der Waals surface area contributed by atoms with E-state index < -0.39 is 0 Å². The van der Waals surface area contributed by atoms with Crippen LogP contribution in [0.1, 0.15) is 56.6 Å². The summed E-state index contributed by atoms with van der Waals surface area (Å²) in [6.45, 7) is 3.06. The molecule has 0 bridgehead atoms. The lowest BCUT2D eigenvalue weighted by Gasteiger charge is -2.30. The highest BCUT2D eigenvalue weighted by atomic mass is 16.5. The van der Waals surface area contributed by atoms with Gasteiger partial charge >= 0.3 is 0 Å². The number of aliphatic hydroxyl groups is 1. The number of nitrogens with zero attached hydrogens (tertiary/aromatic N) is 1. The zero-order chi connectivity index (χ0) is 21.1. The second-order valence-electron chi connectivity index (χ2n) is 7.98. The van der Waals surface area contributed by atoms with E-state index >= 15 is 0 Å². The Labute approximate surface area is 176 Å². The summed E-state index contributed by atoms with van der Waals surface area (Å²) in [6, 6.07) is 16.3. The minimum atomic E-state index is -0.265. The van der Waals surface area contributed by atoms with Gasteiger partial charge in [-0.1, -0.05) is 62.6 Å². The van der Waals surface area contributed by atoms with E-state index in [2.05, 4.69) is 43.1 Å². The first-order valence-electron chi connectivity index (χ1n) is 10.8. The van der Waals surface area contributed by atoms with Gasteiger partial charge in [0.15, 0.2) is 11.5 Å². The molecule has 0 aliphatic heterocycles. The summed E-state index contributed by atoms with van der Waals surface area (Å²) in [5.41, 5.74) is 2.42. The van der Waals surface area contributed by atoms with Gasteiger partial charge in [0, 0.05) is 12.6 Å². The van der Waals surface area contributed by atoms with Gasteiger partial charge in [-0.15, -0.1) is 0 Å². The summed E-state index contributed by atoms with van der Waals surface area (Å²) in [7, 11) is 3.72. The Balaban J connectivity index is 2.02. The molecule has 2 N–H and O–H groups in total. The van der Waals surface area contributed by atoms with Gasteiger partial charge in [-0.25, -0.2) is 0 Å². The van der Waals surface area contributed by atoms with Crippen LogP contribution in [-0.2, 0) is 13.0 Å². The smallest absolute Gasteiger partial charge is 0.160 e. The normalized spacial score (nSPS) is 13.4. The van der Waals surface area contributed by atoms with Crippen molar-refractivity contribution in [1.82, 2.24) is 4.90 Å². The van der Waals surface area contributed by atoms with E-state index in [-0.39, 0.29) is 17.9 Å². The quantitative estimate of drug-likeness (QED) is 0.457. The standard InChI is InChI=1S/C25H37NO3/c1-4-5-7-12-23(27)18-22(26(2)19-21-10-8-6-9-11-21)15-13-20-14-16-24(28)25(17-20)29-3/h6,8-11,14,16-17,22-23,27-28H,4-5,7,12-13,15,18-19H2,1-3H3. The minimum absolute atomic E-state index is 0.167. The molecule has 0 saturated carbocycles. The number of hydrogen-bond acceptors (Lipinski definition) is 4. The first-order valence-corrected chi connectivity index (χ1v) is 10.8. The molecule has 29 heavy (non-hydrogen) atoms. The molecule has 0 aliphatic carbocycles. The van der Waals surface area contributed by atoms with Gasteiger partial charge in [0.2, 0.25) is 0 Å². The molecule has 0 fully saturated rings. The largest absolute Gasteiger partial charge is 0.504 e. The number of phenols is 1. The molecule has 160 valence electrons. The van der Waals surface area contributed by atoms with Gasteiger partial charge in [0.05, 0.1) is 13.2 Å². The number of aliphatic hydroxyl groups excluding tert-OH is 1. The third kappa shape index (κ3) is 8.08. The van der Waals surface area contributed by atoms with Gasteiger partial charge in [-0.2, -0.15) is 0 Å². The highest BCUT2D eigenvalue weighted by molar-refractivity contribution is 5.41. The number of aromatic hydroxyl groups is 1. The van der Waals surface area contributed by atoms with Crippen LogP contribution in [0.5, 0.6) is 11.5 Å². The van der Waals surface area contributed by atoms with Gasteiger partial charge in [-0.3, -0.25) is 4.90 Å². The lowest BCUT2D eigenvalue weighted by Crippen LogP contribution is -2.35. The molecule has 0 aliphatic rings. The molecule has 0 radical (unpaired) electrons. The maximum atomic E-state index is 10.6. The molecule has 2 aromatic rings.